The van der Waals surface area contributed by atoms with Crippen LogP contribution in [0.5, 0.6) is 5.75 Å². The number of anilines is 2. The van der Waals surface area contributed by atoms with E-state index < -0.39 is 5.97 Å². The van der Waals surface area contributed by atoms with Crippen LogP contribution in [0, 0.1) is 0 Å². The Morgan fingerprint density at radius 1 is 1.11 bits per heavy atom. The second kappa shape index (κ2) is 5.81. The maximum Gasteiger partial charge on any atom is 0.358 e. The van der Waals surface area contributed by atoms with Crippen LogP contribution in [0.15, 0.2) is 36.7 Å². The van der Waals surface area contributed by atoms with E-state index in [1.54, 1.807) is 7.11 Å². The van der Waals surface area contributed by atoms with E-state index in [1.165, 1.54) is 19.5 Å². The lowest BCUT2D eigenvalue weighted by molar-refractivity contribution is 0.0593. The van der Waals surface area contributed by atoms with Gasteiger partial charge in [-0.25, -0.2) is 14.8 Å². The molecule has 0 atom stereocenters. The van der Waals surface area contributed by atoms with Gasteiger partial charge in [0.05, 0.1) is 26.6 Å². The molecule has 0 radical (unpaired) electrons. The van der Waals surface area contributed by atoms with Crippen LogP contribution >= 0.6 is 0 Å². The molecule has 6 heteroatoms. The molecule has 0 unspecified atom stereocenters. The first kappa shape index (κ1) is 12.8. The number of aromatic nitrogens is 2. The van der Waals surface area contributed by atoms with Crippen molar-refractivity contribution < 1.29 is 14.3 Å². The molecule has 0 saturated heterocycles. The highest BCUT2D eigenvalue weighted by atomic mass is 16.5. The summed E-state index contributed by atoms with van der Waals surface area (Å²) in [5, 5.41) is 3.06. The Morgan fingerprint density at radius 2 is 1.84 bits per heavy atom. The van der Waals surface area contributed by atoms with E-state index in [2.05, 4.69) is 20.0 Å². The predicted molar refractivity (Wildman–Crippen MR) is 69.6 cm³/mol. The van der Waals surface area contributed by atoms with Crippen molar-refractivity contribution in [1.29, 1.82) is 0 Å². The number of carbonyl (C=O) groups excluding carboxylic acids is 1. The van der Waals surface area contributed by atoms with Gasteiger partial charge in [-0.3, -0.25) is 0 Å². The number of hydrogen-bond acceptors (Lipinski definition) is 6. The molecule has 1 heterocycles. The lowest BCUT2D eigenvalue weighted by atomic mass is 10.3. The Hall–Kier alpha value is -2.63. The van der Waals surface area contributed by atoms with Crippen molar-refractivity contribution in [2.75, 3.05) is 19.5 Å². The highest BCUT2D eigenvalue weighted by Gasteiger charge is 2.07. The molecule has 1 aromatic carbocycles. The lowest BCUT2D eigenvalue weighted by Crippen LogP contribution is -2.05. The van der Waals surface area contributed by atoms with Gasteiger partial charge in [0.1, 0.15) is 11.6 Å². The summed E-state index contributed by atoms with van der Waals surface area (Å²) in [4.78, 5) is 19.2. The smallest absolute Gasteiger partial charge is 0.358 e. The molecular formula is C13H13N3O3. The molecule has 0 aliphatic rings. The highest BCUT2D eigenvalue weighted by molar-refractivity contribution is 5.86. The van der Waals surface area contributed by atoms with Crippen molar-refractivity contribution in [3.05, 3.63) is 42.4 Å². The largest absolute Gasteiger partial charge is 0.497 e. The number of benzene rings is 1. The van der Waals surface area contributed by atoms with Gasteiger partial charge in [0.25, 0.3) is 0 Å². The van der Waals surface area contributed by atoms with E-state index in [9.17, 15) is 4.79 Å². The molecule has 0 bridgehead atoms. The summed E-state index contributed by atoms with van der Waals surface area (Å²) in [7, 11) is 2.91. The van der Waals surface area contributed by atoms with Crippen LogP contribution < -0.4 is 10.1 Å². The van der Waals surface area contributed by atoms with E-state index in [4.69, 9.17) is 4.74 Å². The van der Waals surface area contributed by atoms with Gasteiger partial charge in [0.2, 0.25) is 0 Å². The van der Waals surface area contributed by atoms with Gasteiger partial charge >= 0.3 is 5.97 Å². The molecule has 1 aromatic heterocycles. The Kier molecular flexibility index (Phi) is 3.92. The molecule has 0 fully saturated rings. The van der Waals surface area contributed by atoms with Crippen molar-refractivity contribution in [1.82, 2.24) is 9.97 Å². The molecule has 19 heavy (non-hydrogen) atoms. The molecular weight excluding hydrogens is 246 g/mol. The van der Waals surface area contributed by atoms with E-state index in [0.717, 1.165) is 11.4 Å². The molecule has 6 nitrogen and oxygen atoms in total. The number of esters is 1. The van der Waals surface area contributed by atoms with Crippen molar-refractivity contribution in [2.24, 2.45) is 0 Å². The van der Waals surface area contributed by atoms with Gasteiger partial charge in [-0.1, -0.05) is 0 Å². The van der Waals surface area contributed by atoms with Crippen LogP contribution in [0.2, 0.25) is 0 Å². The summed E-state index contributed by atoms with van der Waals surface area (Å²) < 4.78 is 9.61. The van der Waals surface area contributed by atoms with Gasteiger partial charge in [0.15, 0.2) is 5.69 Å². The number of ether oxygens (including phenoxy) is 2. The average molecular weight is 259 g/mol. The third kappa shape index (κ3) is 3.19. The number of nitrogens with one attached hydrogen (secondary N) is 1. The summed E-state index contributed by atoms with van der Waals surface area (Å²) in [5.74, 6) is 0.805. The van der Waals surface area contributed by atoms with Crippen LogP contribution in [0.25, 0.3) is 0 Å². The van der Waals surface area contributed by atoms with Gasteiger partial charge in [-0.15, -0.1) is 0 Å². The first-order valence-corrected chi connectivity index (χ1v) is 5.54. The third-order valence-corrected chi connectivity index (χ3v) is 2.41. The average Bonchev–Trinajstić information content (AvgIpc) is 2.48. The third-order valence-electron chi connectivity index (χ3n) is 2.41. The maximum absolute atomic E-state index is 11.2. The minimum absolute atomic E-state index is 0.169. The highest BCUT2D eigenvalue weighted by Crippen LogP contribution is 2.18. The predicted octanol–water partition coefficient (Wildman–Crippen LogP) is 2.02. The Morgan fingerprint density at radius 3 is 2.37 bits per heavy atom. The van der Waals surface area contributed by atoms with Gasteiger partial charge in [-0.2, -0.15) is 0 Å². The summed E-state index contributed by atoms with van der Waals surface area (Å²) in [6.07, 6.45) is 2.83. The monoisotopic (exact) mass is 259 g/mol. The SMILES string of the molecule is COC(=O)c1cnc(Nc2ccc(OC)cc2)cn1. The molecule has 1 N–H and O–H groups in total. The van der Waals surface area contributed by atoms with E-state index >= 15 is 0 Å². The van der Waals surface area contributed by atoms with Crippen LogP contribution in [-0.4, -0.2) is 30.2 Å². The second-order valence-electron chi connectivity index (χ2n) is 3.63. The Balaban J connectivity index is 2.08. The first-order valence-electron chi connectivity index (χ1n) is 5.54. The second-order valence-corrected chi connectivity index (χ2v) is 3.63. The lowest BCUT2D eigenvalue weighted by Gasteiger charge is -2.06. The van der Waals surface area contributed by atoms with E-state index in [-0.39, 0.29) is 5.69 Å². The minimum Gasteiger partial charge on any atom is -0.497 e. The van der Waals surface area contributed by atoms with Crippen LogP contribution in [-0.2, 0) is 4.74 Å². The van der Waals surface area contributed by atoms with E-state index in [0.29, 0.717) is 5.82 Å². The van der Waals surface area contributed by atoms with Crippen LogP contribution in [0.3, 0.4) is 0 Å². The molecule has 2 aromatic rings. The van der Waals surface area contributed by atoms with Gasteiger partial charge < -0.3 is 14.8 Å². The molecule has 0 amide bonds. The van der Waals surface area contributed by atoms with Gasteiger partial charge in [-0.05, 0) is 24.3 Å². The number of carbonyl (C=O) groups is 1. The fourth-order valence-corrected chi connectivity index (χ4v) is 1.42. The minimum atomic E-state index is -0.511. The zero-order valence-electron chi connectivity index (χ0n) is 10.6. The molecule has 0 aliphatic heterocycles. The standard InChI is InChI=1S/C13H13N3O3/c1-18-10-5-3-9(4-6-10)16-12-8-14-11(7-15-12)13(17)19-2/h3-8H,1-2H3,(H,15,16). The molecule has 2 rings (SSSR count). The molecule has 0 aliphatic carbocycles. The fraction of sp³-hybridized carbons (Fsp3) is 0.154. The van der Waals surface area contributed by atoms with E-state index in [1.807, 2.05) is 24.3 Å². The topological polar surface area (TPSA) is 73.3 Å². The number of methoxy groups -OCH3 is 2. The van der Waals surface area contributed by atoms with Gasteiger partial charge in [0, 0.05) is 5.69 Å². The summed E-state index contributed by atoms with van der Waals surface area (Å²) >= 11 is 0. The van der Waals surface area contributed by atoms with Crippen LogP contribution in [0.4, 0.5) is 11.5 Å². The zero-order valence-corrected chi connectivity index (χ0v) is 10.6. The Bertz CT molecular complexity index is 552. The summed E-state index contributed by atoms with van der Waals surface area (Å²) in [6.45, 7) is 0. The quantitative estimate of drug-likeness (QED) is 0.847. The summed E-state index contributed by atoms with van der Waals surface area (Å²) in [6, 6.07) is 7.38. The molecule has 0 saturated carbocycles. The van der Waals surface area contributed by atoms with Crippen molar-refractivity contribution in [3.8, 4) is 5.75 Å². The molecule has 0 spiro atoms. The first-order chi connectivity index (χ1) is 9.22. The van der Waals surface area contributed by atoms with Crippen molar-refractivity contribution in [2.45, 2.75) is 0 Å². The number of nitrogens with zero attached hydrogens (tertiary/aromatic N) is 2. The Labute approximate surface area is 110 Å². The normalized spacial score (nSPS) is 9.79. The van der Waals surface area contributed by atoms with Crippen molar-refractivity contribution in [3.63, 3.8) is 0 Å². The van der Waals surface area contributed by atoms with Crippen molar-refractivity contribution >= 4 is 17.5 Å². The maximum atomic E-state index is 11.2. The number of hydrogen-bond donors (Lipinski definition) is 1. The van der Waals surface area contributed by atoms with Crippen LogP contribution in [0.1, 0.15) is 10.5 Å². The molecule has 98 valence electrons. The zero-order chi connectivity index (χ0) is 13.7. The number of rotatable bonds is 4. The summed E-state index contributed by atoms with van der Waals surface area (Å²) in [5.41, 5.74) is 1.02. The fourth-order valence-electron chi connectivity index (χ4n) is 1.42.